The molecule has 1 atom stereocenters. The number of carbonyl (C=O) groups excluding carboxylic acids is 1. The van der Waals surface area contributed by atoms with E-state index in [1.54, 1.807) is 0 Å². The van der Waals surface area contributed by atoms with Gasteiger partial charge in [0.15, 0.2) is 0 Å². The van der Waals surface area contributed by atoms with Crippen molar-refractivity contribution >= 4 is 37.8 Å². The summed E-state index contributed by atoms with van der Waals surface area (Å²) >= 11 is 6.78. The number of hydrogen-bond donors (Lipinski definition) is 1. The van der Waals surface area contributed by atoms with Crippen LogP contribution < -0.4 is 5.32 Å². The number of benzene rings is 1. The van der Waals surface area contributed by atoms with Crippen molar-refractivity contribution < 1.29 is 9.18 Å². The zero-order chi connectivity index (χ0) is 12.4. The number of carbonyl (C=O) groups is 1. The largest absolute Gasteiger partial charge is 0.351 e. The quantitative estimate of drug-likeness (QED) is 0.814. The number of amides is 1. The molecule has 1 amide bonds. The van der Waals surface area contributed by atoms with Crippen LogP contribution in [0.1, 0.15) is 23.2 Å². The van der Waals surface area contributed by atoms with Crippen LogP contribution >= 0.6 is 31.9 Å². The molecule has 1 fully saturated rings. The van der Waals surface area contributed by atoms with Crippen LogP contribution in [0.5, 0.6) is 0 Å². The highest BCUT2D eigenvalue weighted by Crippen LogP contribution is 2.36. The molecule has 0 aliphatic heterocycles. The van der Waals surface area contributed by atoms with Crippen molar-refractivity contribution in [1.82, 2.24) is 5.32 Å². The minimum atomic E-state index is -0.407. The molecule has 17 heavy (non-hydrogen) atoms. The molecule has 1 aliphatic carbocycles. The third kappa shape index (κ3) is 3.52. The van der Waals surface area contributed by atoms with Gasteiger partial charge in [0.1, 0.15) is 5.82 Å². The van der Waals surface area contributed by atoms with E-state index in [9.17, 15) is 9.18 Å². The van der Waals surface area contributed by atoms with E-state index >= 15 is 0 Å². The average Bonchev–Trinajstić information content (AvgIpc) is 3.12. The summed E-state index contributed by atoms with van der Waals surface area (Å²) in [6.45, 7) is 0.576. The van der Waals surface area contributed by atoms with Crippen LogP contribution in [0, 0.1) is 11.7 Å². The highest BCUT2D eigenvalue weighted by atomic mass is 79.9. The Morgan fingerprint density at radius 1 is 1.53 bits per heavy atom. The molecule has 1 unspecified atom stereocenters. The maximum atomic E-state index is 13.0. The minimum Gasteiger partial charge on any atom is -0.351 e. The zero-order valence-electron chi connectivity index (χ0n) is 9.05. The predicted molar refractivity (Wildman–Crippen MR) is 71.9 cm³/mol. The van der Waals surface area contributed by atoms with Gasteiger partial charge in [-0.2, -0.15) is 0 Å². The molecule has 0 saturated heterocycles. The molecule has 2 nitrogen and oxygen atoms in total. The summed E-state index contributed by atoms with van der Waals surface area (Å²) in [6.07, 6.45) is 2.44. The Morgan fingerprint density at radius 3 is 2.88 bits per heavy atom. The lowest BCUT2D eigenvalue weighted by atomic mass is 10.2. The number of rotatable bonds is 4. The second kappa shape index (κ2) is 5.48. The van der Waals surface area contributed by atoms with E-state index in [1.165, 1.54) is 31.0 Å². The van der Waals surface area contributed by atoms with Crippen LogP contribution in [-0.4, -0.2) is 17.3 Å². The first-order valence-electron chi connectivity index (χ1n) is 5.45. The van der Waals surface area contributed by atoms with Gasteiger partial charge >= 0.3 is 0 Å². The number of alkyl halides is 1. The molecule has 0 spiro atoms. The van der Waals surface area contributed by atoms with Gasteiger partial charge in [-0.25, -0.2) is 4.39 Å². The van der Waals surface area contributed by atoms with E-state index < -0.39 is 5.82 Å². The zero-order valence-corrected chi connectivity index (χ0v) is 12.2. The Kier molecular flexibility index (Phi) is 4.20. The molecule has 1 aromatic rings. The van der Waals surface area contributed by atoms with Crippen molar-refractivity contribution in [2.45, 2.75) is 17.7 Å². The number of halogens is 3. The molecule has 2 rings (SSSR count). The molecule has 0 aromatic heterocycles. The lowest BCUT2D eigenvalue weighted by molar-refractivity contribution is 0.0952. The van der Waals surface area contributed by atoms with E-state index in [2.05, 4.69) is 37.2 Å². The van der Waals surface area contributed by atoms with Gasteiger partial charge in [-0.05, 0) is 52.9 Å². The Balaban J connectivity index is 1.96. The molecule has 0 bridgehead atoms. The smallest absolute Gasteiger partial charge is 0.252 e. The topological polar surface area (TPSA) is 29.1 Å². The number of nitrogens with one attached hydrogen (secondary N) is 1. The summed E-state index contributed by atoms with van der Waals surface area (Å²) in [5.74, 6) is 0.0173. The lowest BCUT2D eigenvalue weighted by Gasteiger charge is -2.10. The monoisotopic (exact) mass is 363 g/mol. The Labute approximate surface area is 116 Å². The third-order valence-electron chi connectivity index (χ3n) is 2.76. The van der Waals surface area contributed by atoms with Crippen molar-refractivity contribution in [3.05, 3.63) is 34.1 Å². The van der Waals surface area contributed by atoms with Crippen molar-refractivity contribution in [3.8, 4) is 0 Å². The highest BCUT2D eigenvalue weighted by molar-refractivity contribution is 9.10. The molecule has 1 N–H and O–H groups in total. The van der Waals surface area contributed by atoms with Crippen LogP contribution in [0.15, 0.2) is 22.7 Å². The summed E-state index contributed by atoms with van der Waals surface area (Å²) in [7, 11) is 0. The maximum absolute atomic E-state index is 13.0. The van der Waals surface area contributed by atoms with Crippen molar-refractivity contribution in [3.63, 3.8) is 0 Å². The van der Waals surface area contributed by atoms with Gasteiger partial charge in [-0.15, -0.1) is 0 Å². The molecular formula is C12H12Br2FNO. The van der Waals surface area contributed by atoms with Crippen LogP contribution in [0.3, 0.4) is 0 Å². The molecule has 0 heterocycles. The van der Waals surface area contributed by atoms with E-state index in [-0.39, 0.29) is 5.91 Å². The summed E-state index contributed by atoms with van der Waals surface area (Å²) in [4.78, 5) is 12.2. The fourth-order valence-electron chi connectivity index (χ4n) is 1.58. The van der Waals surface area contributed by atoms with Crippen LogP contribution in [0.2, 0.25) is 0 Å². The summed E-state index contributed by atoms with van der Waals surface area (Å²) in [6, 6.07) is 4.09. The Hall–Kier alpha value is -0.420. The average molecular weight is 365 g/mol. The summed E-state index contributed by atoms with van der Waals surface area (Å²) in [5.41, 5.74) is 0.334. The fourth-order valence-corrected chi connectivity index (χ4v) is 2.70. The van der Waals surface area contributed by atoms with Gasteiger partial charge < -0.3 is 5.32 Å². The first-order valence-corrected chi connectivity index (χ1v) is 7.16. The first kappa shape index (κ1) is 13.0. The second-order valence-corrected chi connectivity index (χ2v) is 6.22. The molecule has 0 radical (unpaired) electrons. The van der Waals surface area contributed by atoms with E-state index in [0.29, 0.717) is 27.3 Å². The van der Waals surface area contributed by atoms with Crippen molar-refractivity contribution in [1.29, 1.82) is 0 Å². The van der Waals surface area contributed by atoms with Crippen LogP contribution in [-0.2, 0) is 0 Å². The standard InChI is InChI=1S/C12H12Br2FNO/c13-10-4-3-8(15)5-9(10)12(17)16-6-11(14)7-1-2-7/h3-5,7,11H,1-2,6H2,(H,16,17). The fraction of sp³-hybridized carbons (Fsp3) is 0.417. The van der Waals surface area contributed by atoms with E-state index in [4.69, 9.17) is 0 Å². The minimum absolute atomic E-state index is 0.249. The van der Waals surface area contributed by atoms with Gasteiger partial charge in [0, 0.05) is 15.8 Å². The molecule has 5 heteroatoms. The van der Waals surface area contributed by atoms with Gasteiger partial charge in [0.05, 0.1) is 5.56 Å². The number of hydrogen-bond acceptors (Lipinski definition) is 1. The van der Waals surface area contributed by atoms with Crippen LogP contribution in [0.4, 0.5) is 4.39 Å². The molecule has 1 aliphatic rings. The van der Waals surface area contributed by atoms with Crippen molar-refractivity contribution in [2.75, 3.05) is 6.54 Å². The van der Waals surface area contributed by atoms with Gasteiger partial charge in [-0.1, -0.05) is 15.9 Å². The van der Waals surface area contributed by atoms with E-state index in [0.717, 1.165) is 0 Å². The molecule has 92 valence electrons. The Morgan fingerprint density at radius 2 is 2.24 bits per heavy atom. The lowest BCUT2D eigenvalue weighted by Crippen LogP contribution is -2.30. The van der Waals surface area contributed by atoms with Crippen LogP contribution in [0.25, 0.3) is 0 Å². The maximum Gasteiger partial charge on any atom is 0.252 e. The summed E-state index contributed by atoms with van der Waals surface area (Å²) in [5, 5.41) is 2.81. The van der Waals surface area contributed by atoms with Gasteiger partial charge in [0.2, 0.25) is 0 Å². The Bertz CT molecular complexity index is 435. The third-order valence-corrected chi connectivity index (χ3v) is 4.53. The van der Waals surface area contributed by atoms with E-state index in [1.807, 2.05) is 0 Å². The van der Waals surface area contributed by atoms with Crippen molar-refractivity contribution in [2.24, 2.45) is 5.92 Å². The molecular weight excluding hydrogens is 353 g/mol. The second-order valence-electron chi connectivity index (χ2n) is 4.19. The molecule has 1 saturated carbocycles. The first-order chi connectivity index (χ1) is 8.08. The SMILES string of the molecule is O=C(NCC(Br)C1CC1)c1cc(F)ccc1Br. The van der Waals surface area contributed by atoms with Gasteiger partial charge in [0.25, 0.3) is 5.91 Å². The predicted octanol–water partition coefficient (Wildman–Crippen LogP) is 3.49. The molecule has 1 aromatic carbocycles. The highest BCUT2D eigenvalue weighted by Gasteiger charge is 2.29. The summed E-state index contributed by atoms with van der Waals surface area (Å²) < 4.78 is 13.6. The normalized spacial score (nSPS) is 16.6. The van der Waals surface area contributed by atoms with Gasteiger partial charge in [-0.3, -0.25) is 4.79 Å².